The van der Waals surface area contributed by atoms with E-state index in [1.54, 1.807) is 12.1 Å². The molecular formula is C23H27N7O. The number of nitrogens with zero attached hydrogens (tertiary/aromatic N) is 4. The average molecular weight is 418 g/mol. The lowest BCUT2D eigenvalue weighted by Gasteiger charge is -2.23. The molecule has 8 heteroatoms. The molecule has 1 unspecified atom stereocenters. The van der Waals surface area contributed by atoms with E-state index in [1.807, 2.05) is 68.1 Å². The molecule has 0 saturated carbocycles. The van der Waals surface area contributed by atoms with Gasteiger partial charge in [-0.2, -0.15) is 9.97 Å². The molecule has 0 aliphatic heterocycles. The van der Waals surface area contributed by atoms with Gasteiger partial charge in [-0.05, 0) is 30.5 Å². The lowest BCUT2D eigenvalue weighted by Crippen LogP contribution is -2.43. The summed E-state index contributed by atoms with van der Waals surface area (Å²) in [6.07, 6.45) is 3.82. The first kappa shape index (κ1) is 21.8. The van der Waals surface area contributed by atoms with Crippen molar-refractivity contribution in [2.45, 2.75) is 33.4 Å². The normalized spacial score (nSPS) is 11.6. The molecule has 1 amide bonds. The number of carbonyl (C=O) groups excluding carboxylic acids is 1. The Morgan fingerprint density at radius 2 is 1.87 bits per heavy atom. The molecule has 160 valence electrons. The van der Waals surface area contributed by atoms with Gasteiger partial charge in [-0.1, -0.05) is 38.1 Å². The Bertz CT molecular complexity index is 1040. The van der Waals surface area contributed by atoms with Gasteiger partial charge < -0.3 is 20.5 Å². The SMILES string of the molecule is [C-]#[N+]c1ccc(CNC(=O)C(Nc2cc(-n3cccc3)nc(NCC)n2)C(C)C)cc1. The molecule has 0 bridgehead atoms. The zero-order valence-electron chi connectivity index (χ0n) is 18.0. The summed E-state index contributed by atoms with van der Waals surface area (Å²) in [5.41, 5.74) is 1.52. The molecule has 0 spiro atoms. The molecule has 8 nitrogen and oxygen atoms in total. The Kier molecular flexibility index (Phi) is 7.22. The number of anilines is 2. The molecule has 3 rings (SSSR count). The largest absolute Gasteiger partial charge is 0.358 e. The number of aromatic nitrogens is 3. The van der Waals surface area contributed by atoms with Gasteiger partial charge in [0.05, 0.1) is 6.57 Å². The van der Waals surface area contributed by atoms with Gasteiger partial charge >= 0.3 is 0 Å². The maximum Gasteiger partial charge on any atom is 0.243 e. The minimum atomic E-state index is -0.468. The van der Waals surface area contributed by atoms with E-state index in [9.17, 15) is 4.79 Å². The first-order valence-electron chi connectivity index (χ1n) is 10.3. The summed E-state index contributed by atoms with van der Waals surface area (Å²) >= 11 is 0. The van der Waals surface area contributed by atoms with Gasteiger partial charge in [-0.25, -0.2) is 4.85 Å². The summed E-state index contributed by atoms with van der Waals surface area (Å²) in [4.78, 5) is 25.4. The quantitative estimate of drug-likeness (QED) is 0.458. The van der Waals surface area contributed by atoms with Crippen LogP contribution in [0.25, 0.3) is 10.7 Å². The summed E-state index contributed by atoms with van der Waals surface area (Å²) in [5.74, 6) is 1.71. The van der Waals surface area contributed by atoms with E-state index in [1.165, 1.54) is 0 Å². The van der Waals surface area contributed by atoms with Crippen molar-refractivity contribution in [2.24, 2.45) is 5.92 Å². The van der Waals surface area contributed by atoms with Gasteiger partial charge in [0, 0.05) is 31.5 Å². The molecule has 1 aromatic carbocycles. The highest BCUT2D eigenvalue weighted by Gasteiger charge is 2.23. The van der Waals surface area contributed by atoms with E-state index < -0.39 is 6.04 Å². The van der Waals surface area contributed by atoms with Crippen molar-refractivity contribution in [3.63, 3.8) is 0 Å². The van der Waals surface area contributed by atoms with Gasteiger partial charge in [0.25, 0.3) is 0 Å². The predicted octanol–water partition coefficient (Wildman–Crippen LogP) is 4.00. The lowest BCUT2D eigenvalue weighted by atomic mass is 10.0. The van der Waals surface area contributed by atoms with E-state index in [-0.39, 0.29) is 11.8 Å². The number of benzene rings is 1. The summed E-state index contributed by atoms with van der Waals surface area (Å²) in [7, 11) is 0. The van der Waals surface area contributed by atoms with Crippen molar-refractivity contribution in [1.29, 1.82) is 0 Å². The third-order valence-corrected chi connectivity index (χ3v) is 4.70. The van der Waals surface area contributed by atoms with Crippen molar-refractivity contribution in [3.8, 4) is 5.82 Å². The molecule has 31 heavy (non-hydrogen) atoms. The van der Waals surface area contributed by atoms with Gasteiger partial charge in [0.1, 0.15) is 17.7 Å². The lowest BCUT2D eigenvalue weighted by molar-refractivity contribution is -0.122. The van der Waals surface area contributed by atoms with Crippen LogP contribution in [0, 0.1) is 12.5 Å². The Morgan fingerprint density at radius 1 is 1.16 bits per heavy atom. The Hall–Kier alpha value is -3.86. The van der Waals surface area contributed by atoms with Crippen LogP contribution < -0.4 is 16.0 Å². The molecule has 0 fully saturated rings. The van der Waals surface area contributed by atoms with Crippen LogP contribution >= 0.6 is 0 Å². The van der Waals surface area contributed by atoms with Crippen molar-refractivity contribution in [3.05, 3.63) is 71.8 Å². The number of rotatable bonds is 9. The number of nitrogens with one attached hydrogen (secondary N) is 3. The van der Waals surface area contributed by atoms with E-state index in [0.29, 0.717) is 36.4 Å². The van der Waals surface area contributed by atoms with Crippen LogP contribution in [-0.2, 0) is 11.3 Å². The van der Waals surface area contributed by atoms with Crippen molar-refractivity contribution in [2.75, 3.05) is 17.2 Å². The second-order valence-electron chi connectivity index (χ2n) is 7.42. The maximum atomic E-state index is 12.9. The van der Waals surface area contributed by atoms with Crippen LogP contribution in [0.5, 0.6) is 0 Å². The van der Waals surface area contributed by atoms with E-state index in [0.717, 1.165) is 5.56 Å². The fourth-order valence-corrected chi connectivity index (χ4v) is 3.05. The summed E-state index contributed by atoms with van der Waals surface area (Å²) in [6, 6.07) is 12.4. The van der Waals surface area contributed by atoms with Crippen LogP contribution in [0.2, 0.25) is 0 Å². The number of hydrogen-bond donors (Lipinski definition) is 3. The van der Waals surface area contributed by atoms with Crippen molar-refractivity contribution in [1.82, 2.24) is 19.9 Å². The third-order valence-electron chi connectivity index (χ3n) is 4.70. The Morgan fingerprint density at radius 3 is 2.48 bits per heavy atom. The zero-order chi connectivity index (χ0) is 22.2. The van der Waals surface area contributed by atoms with Crippen LogP contribution in [-0.4, -0.2) is 33.0 Å². The zero-order valence-corrected chi connectivity index (χ0v) is 18.0. The van der Waals surface area contributed by atoms with E-state index >= 15 is 0 Å². The molecule has 2 aromatic heterocycles. The standard InChI is InChI=1S/C23H27N7O/c1-5-25-23-28-19(14-20(29-23)30-12-6-7-13-30)27-21(16(2)3)22(31)26-15-17-8-10-18(24-4)11-9-17/h6-14,16,21H,5,15H2,1-3H3,(H,26,31)(H2,25,27,28,29). The summed E-state index contributed by atoms with van der Waals surface area (Å²) < 4.78 is 1.89. The average Bonchev–Trinajstić information content (AvgIpc) is 3.31. The van der Waals surface area contributed by atoms with Crippen LogP contribution in [0.3, 0.4) is 0 Å². The molecule has 3 aromatic rings. The van der Waals surface area contributed by atoms with Gasteiger partial charge in [0.2, 0.25) is 11.9 Å². The number of amides is 1. The van der Waals surface area contributed by atoms with Crippen LogP contribution in [0.15, 0.2) is 54.9 Å². The summed E-state index contributed by atoms with van der Waals surface area (Å²) in [6.45, 7) is 14.1. The minimum absolute atomic E-state index is 0.0390. The summed E-state index contributed by atoms with van der Waals surface area (Å²) in [5, 5.41) is 9.40. The predicted molar refractivity (Wildman–Crippen MR) is 122 cm³/mol. The fourth-order valence-electron chi connectivity index (χ4n) is 3.05. The second-order valence-corrected chi connectivity index (χ2v) is 7.42. The van der Waals surface area contributed by atoms with Gasteiger partial charge in [-0.3, -0.25) is 4.79 Å². The monoisotopic (exact) mass is 417 g/mol. The molecule has 0 aliphatic carbocycles. The maximum absolute atomic E-state index is 12.9. The minimum Gasteiger partial charge on any atom is -0.358 e. The Balaban J connectivity index is 1.75. The first-order valence-corrected chi connectivity index (χ1v) is 10.3. The smallest absolute Gasteiger partial charge is 0.243 e. The molecule has 0 radical (unpaired) electrons. The van der Waals surface area contributed by atoms with Crippen molar-refractivity contribution >= 4 is 23.4 Å². The Labute approximate surface area is 182 Å². The van der Waals surface area contributed by atoms with Crippen LogP contribution in [0.4, 0.5) is 17.5 Å². The van der Waals surface area contributed by atoms with Crippen LogP contribution in [0.1, 0.15) is 26.3 Å². The number of hydrogen-bond acceptors (Lipinski definition) is 5. The first-order chi connectivity index (χ1) is 15.0. The fraction of sp³-hybridized carbons (Fsp3) is 0.304. The molecule has 1 atom stereocenters. The van der Waals surface area contributed by atoms with Gasteiger partial charge in [0.15, 0.2) is 5.69 Å². The molecular weight excluding hydrogens is 390 g/mol. The second kappa shape index (κ2) is 10.3. The molecule has 3 N–H and O–H groups in total. The van der Waals surface area contributed by atoms with E-state index in [4.69, 9.17) is 6.57 Å². The highest BCUT2D eigenvalue weighted by atomic mass is 16.2. The topological polar surface area (TPSA) is 88.2 Å². The van der Waals surface area contributed by atoms with E-state index in [2.05, 4.69) is 30.8 Å². The highest BCUT2D eigenvalue weighted by molar-refractivity contribution is 5.84. The molecule has 0 saturated heterocycles. The third kappa shape index (κ3) is 5.82. The van der Waals surface area contributed by atoms with Crippen molar-refractivity contribution < 1.29 is 4.79 Å². The highest BCUT2D eigenvalue weighted by Crippen LogP contribution is 2.18. The molecule has 2 heterocycles. The van der Waals surface area contributed by atoms with Gasteiger partial charge in [-0.15, -0.1) is 0 Å². The molecule has 0 aliphatic rings. The number of carbonyl (C=O) groups is 1.